The van der Waals surface area contributed by atoms with Crippen molar-refractivity contribution in [1.29, 1.82) is 0 Å². The minimum atomic E-state index is -0.299. The Morgan fingerprint density at radius 1 is 1.06 bits per heavy atom. The van der Waals surface area contributed by atoms with Crippen LogP contribution in [0, 0.1) is 12.7 Å². The lowest BCUT2D eigenvalue weighted by atomic mass is 10.1. The third kappa shape index (κ3) is 4.73. The molecule has 9 heteroatoms. The van der Waals surface area contributed by atoms with E-state index in [9.17, 15) is 9.18 Å². The number of anilines is 2. The number of carbonyl (C=O) groups is 1. The van der Waals surface area contributed by atoms with E-state index in [1.54, 1.807) is 6.07 Å². The summed E-state index contributed by atoms with van der Waals surface area (Å²) in [5.74, 6) is 0.523. The van der Waals surface area contributed by atoms with Gasteiger partial charge in [0.1, 0.15) is 11.5 Å². The van der Waals surface area contributed by atoms with Crippen LogP contribution in [0.15, 0.2) is 48.5 Å². The van der Waals surface area contributed by atoms with Crippen molar-refractivity contribution in [3.05, 3.63) is 65.5 Å². The smallest absolute Gasteiger partial charge is 0.254 e. The Labute approximate surface area is 208 Å². The molecule has 182 valence electrons. The topological polar surface area (TPSA) is 65.8 Å². The first-order chi connectivity index (χ1) is 16.7. The number of aromatic nitrogens is 3. The minimum absolute atomic E-state index is 0.0769. The van der Waals surface area contributed by atoms with E-state index in [0.717, 1.165) is 27.0 Å². The van der Waals surface area contributed by atoms with Crippen LogP contribution < -0.4 is 10.2 Å². The van der Waals surface area contributed by atoms with Gasteiger partial charge in [0.25, 0.3) is 5.91 Å². The number of aryl methyl sites for hydroxylation is 1. The zero-order valence-corrected chi connectivity index (χ0v) is 21.2. The van der Waals surface area contributed by atoms with E-state index in [-0.39, 0.29) is 17.3 Å². The lowest BCUT2D eigenvalue weighted by Gasteiger charge is -2.34. The van der Waals surface area contributed by atoms with Crippen LogP contribution in [-0.2, 0) is 0 Å². The van der Waals surface area contributed by atoms with E-state index in [1.807, 2.05) is 46.7 Å². The van der Waals surface area contributed by atoms with Gasteiger partial charge in [-0.2, -0.15) is 4.52 Å². The van der Waals surface area contributed by atoms with Crippen molar-refractivity contribution in [2.45, 2.75) is 33.2 Å². The molecule has 1 saturated heterocycles. The summed E-state index contributed by atoms with van der Waals surface area (Å²) in [6.07, 6.45) is 0. The minimum Gasteiger partial charge on any atom is -0.364 e. The number of amides is 1. The van der Waals surface area contributed by atoms with E-state index in [0.29, 0.717) is 37.4 Å². The summed E-state index contributed by atoms with van der Waals surface area (Å²) in [5, 5.41) is 9.23. The molecule has 0 saturated carbocycles. The van der Waals surface area contributed by atoms with Crippen molar-refractivity contribution in [3.8, 4) is 11.3 Å². The molecule has 0 radical (unpaired) electrons. The number of hydrogen-bond donors (Lipinski definition) is 1. The molecule has 0 atom stereocenters. The number of nitrogens with zero attached hydrogens (tertiary/aromatic N) is 5. The molecular formula is C26H29FN6OS. The highest BCUT2D eigenvalue weighted by atomic mass is 32.1. The molecule has 7 nitrogen and oxygen atoms in total. The van der Waals surface area contributed by atoms with Gasteiger partial charge in [0, 0.05) is 42.8 Å². The Kier molecular flexibility index (Phi) is 5.96. The van der Waals surface area contributed by atoms with Crippen LogP contribution in [-0.4, -0.2) is 57.1 Å². The van der Waals surface area contributed by atoms with Gasteiger partial charge in [-0.15, -0.1) is 5.10 Å². The molecule has 1 N–H and O–H groups in total. The lowest BCUT2D eigenvalue weighted by Crippen LogP contribution is -2.49. The number of fused-ring (bicyclic) bond motifs is 1. The average Bonchev–Trinajstić information content (AvgIpc) is 3.37. The van der Waals surface area contributed by atoms with Crippen LogP contribution in [0.25, 0.3) is 16.2 Å². The highest BCUT2D eigenvalue weighted by Gasteiger charge is 2.27. The third-order valence-corrected chi connectivity index (χ3v) is 6.97. The zero-order chi connectivity index (χ0) is 24.7. The van der Waals surface area contributed by atoms with E-state index in [1.165, 1.54) is 23.5 Å². The quantitative estimate of drug-likeness (QED) is 0.431. The average molecular weight is 493 g/mol. The number of nitrogens with one attached hydrogen (secondary N) is 1. The standard InChI is InChI=1S/C26H29FN6OS/c1-17-8-5-6-11-20(17)23(34)31-12-14-32(15-13-31)25-30-33-22(29-26(2,3)4)21(28-24(33)35-25)18-9-7-10-19(27)16-18/h5-11,16,29H,12-15H2,1-4H3. The van der Waals surface area contributed by atoms with Crippen molar-refractivity contribution in [3.63, 3.8) is 0 Å². The molecule has 2 aromatic heterocycles. The third-order valence-electron chi connectivity index (χ3n) is 6.00. The number of hydrogen-bond acceptors (Lipinski definition) is 6. The fourth-order valence-electron chi connectivity index (χ4n) is 4.25. The second kappa shape index (κ2) is 8.96. The Bertz CT molecular complexity index is 1380. The van der Waals surface area contributed by atoms with Gasteiger partial charge in [0.05, 0.1) is 0 Å². The molecule has 1 aliphatic heterocycles. The van der Waals surface area contributed by atoms with Crippen LogP contribution in [0.1, 0.15) is 36.7 Å². The fraction of sp³-hybridized carbons (Fsp3) is 0.346. The van der Waals surface area contributed by atoms with Crippen molar-refractivity contribution in [1.82, 2.24) is 19.5 Å². The summed E-state index contributed by atoms with van der Waals surface area (Å²) in [5.41, 5.74) is 2.91. The summed E-state index contributed by atoms with van der Waals surface area (Å²) in [6, 6.07) is 14.2. The monoisotopic (exact) mass is 492 g/mol. The molecule has 0 unspecified atom stereocenters. The summed E-state index contributed by atoms with van der Waals surface area (Å²) in [4.78, 5) is 22.6. The van der Waals surface area contributed by atoms with Gasteiger partial charge < -0.3 is 15.1 Å². The van der Waals surface area contributed by atoms with Crippen molar-refractivity contribution >= 4 is 33.2 Å². The molecule has 1 amide bonds. The van der Waals surface area contributed by atoms with Crippen LogP contribution in [0.5, 0.6) is 0 Å². The van der Waals surface area contributed by atoms with Crippen LogP contribution in [0.2, 0.25) is 0 Å². The summed E-state index contributed by atoms with van der Waals surface area (Å²) >= 11 is 1.50. The van der Waals surface area contributed by atoms with Gasteiger partial charge in [0.15, 0.2) is 5.82 Å². The van der Waals surface area contributed by atoms with Crippen molar-refractivity contribution < 1.29 is 9.18 Å². The highest BCUT2D eigenvalue weighted by Crippen LogP contribution is 2.35. The predicted molar refractivity (Wildman–Crippen MR) is 139 cm³/mol. The molecule has 1 fully saturated rings. The van der Waals surface area contributed by atoms with E-state index in [2.05, 4.69) is 31.0 Å². The molecule has 35 heavy (non-hydrogen) atoms. The van der Waals surface area contributed by atoms with Gasteiger partial charge >= 0.3 is 0 Å². The van der Waals surface area contributed by atoms with Gasteiger partial charge in [-0.3, -0.25) is 4.79 Å². The van der Waals surface area contributed by atoms with Gasteiger partial charge in [-0.05, 0) is 51.5 Å². The second-order valence-electron chi connectivity index (χ2n) is 9.87. The molecule has 0 spiro atoms. The molecular weight excluding hydrogens is 463 g/mol. The van der Waals surface area contributed by atoms with Crippen molar-refractivity contribution in [2.75, 3.05) is 36.4 Å². The van der Waals surface area contributed by atoms with E-state index < -0.39 is 0 Å². The highest BCUT2D eigenvalue weighted by molar-refractivity contribution is 7.20. The normalized spacial score (nSPS) is 14.5. The summed E-state index contributed by atoms with van der Waals surface area (Å²) in [6.45, 7) is 10.9. The molecule has 0 bridgehead atoms. The largest absolute Gasteiger partial charge is 0.364 e. The molecule has 5 rings (SSSR count). The van der Waals surface area contributed by atoms with Crippen molar-refractivity contribution in [2.24, 2.45) is 0 Å². The lowest BCUT2D eigenvalue weighted by molar-refractivity contribution is 0.0746. The number of carbonyl (C=O) groups excluding carboxylic acids is 1. The number of benzene rings is 2. The van der Waals surface area contributed by atoms with Gasteiger partial charge in [0.2, 0.25) is 10.1 Å². The fourth-order valence-corrected chi connectivity index (χ4v) is 5.21. The van der Waals surface area contributed by atoms with Crippen LogP contribution in [0.4, 0.5) is 15.3 Å². The Hall–Kier alpha value is -3.46. The Morgan fingerprint density at radius 2 is 1.80 bits per heavy atom. The maximum Gasteiger partial charge on any atom is 0.254 e. The molecule has 1 aliphatic rings. The SMILES string of the molecule is Cc1ccccc1C(=O)N1CCN(c2nn3c(NC(C)(C)C)c(-c4cccc(F)c4)nc3s2)CC1. The maximum atomic E-state index is 13.9. The zero-order valence-electron chi connectivity index (χ0n) is 20.4. The molecule has 0 aliphatic carbocycles. The Balaban J connectivity index is 1.39. The van der Waals surface area contributed by atoms with Crippen LogP contribution >= 0.6 is 11.3 Å². The number of imidazole rings is 1. The summed E-state index contributed by atoms with van der Waals surface area (Å²) < 4.78 is 15.7. The number of piperazine rings is 1. The molecule has 4 aromatic rings. The summed E-state index contributed by atoms with van der Waals surface area (Å²) in [7, 11) is 0. The van der Waals surface area contributed by atoms with Gasteiger partial charge in [-0.1, -0.05) is 41.7 Å². The Morgan fingerprint density at radius 3 is 2.49 bits per heavy atom. The van der Waals surface area contributed by atoms with E-state index >= 15 is 0 Å². The first-order valence-electron chi connectivity index (χ1n) is 11.7. The molecule has 2 aromatic carbocycles. The maximum absolute atomic E-state index is 13.9. The van der Waals surface area contributed by atoms with E-state index in [4.69, 9.17) is 10.1 Å². The van der Waals surface area contributed by atoms with Gasteiger partial charge in [-0.25, -0.2) is 9.37 Å². The molecule has 3 heterocycles. The first kappa shape index (κ1) is 23.3. The van der Waals surface area contributed by atoms with Crippen LogP contribution in [0.3, 0.4) is 0 Å². The second-order valence-corrected chi connectivity index (χ2v) is 10.8. The number of halogens is 1. The number of rotatable bonds is 4. The first-order valence-corrected chi connectivity index (χ1v) is 12.5. The predicted octanol–water partition coefficient (Wildman–Crippen LogP) is 5.08.